The van der Waals surface area contributed by atoms with Gasteiger partial charge in [-0.3, -0.25) is 14.6 Å². The third kappa shape index (κ3) is 4.85. The fourth-order valence-corrected chi connectivity index (χ4v) is 2.91. The van der Waals surface area contributed by atoms with Gasteiger partial charge in [-0.1, -0.05) is 35.3 Å². The van der Waals surface area contributed by atoms with Gasteiger partial charge >= 0.3 is 0 Å². The van der Waals surface area contributed by atoms with Gasteiger partial charge in [-0.05, 0) is 42.0 Å². The van der Waals surface area contributed by atoms with E-state index >= 15 is 0 Å². The minimum absolute atomic E-state index is 0.00860. The highest BCUT2D eigenvalue weighted by atomic mass is 35.5. The van der Waals surface area contributed by atoms with Gasteiger partial charge in [-0.25, -0.2) is 4.39 Å². The molecule has 0 bridgehead atoms. The van der Waals surface area contributed by atoms with Crippen molar-refractivity contribution in [3.05, 3.63) is 93.5 Å². The molecule has 0 aliphatic rings. The molecule has 0 saturated carbocycles. The Kier molecular flexibility index (Phi) is 6.23. The summed E-state index contributed by atoms with van der Waals surface area (Å²) in [4.78, 5) is 28.3. The third-order valence-corrected chi connectivity index (χ3v) is 4.44. The van der Waals surface area contributed by atoms with E-state index in [1.165, 1.54) is 18.5 Å². The second-order valence-electron chi connectivity index (χ2n) is 5.82. The highest BCUT2D eigenvalue weighted by molar-refractivity contribution is 6.36. The molecule has 142 valence electrons. The van der Waals surface area contributed by atoms with Crippen LogP contribution in [-0.2, 0) is 6.54 Å². The Labute approximate surface area is 170 Å². The number of anilines is 1. The zero-order valence-electron chi connectivity index (χ0n) is 14.4. The molecule has 8 heteroatoms. The lowest BCUT2D eigenvalue weighted by molar-refractivity contribution is 0.0949. The van der Waals surface area contributed by atoms with Crippen LogP contribution in [0.3, 0.4) is 0 Å². The number of aromatic nitrogens is 1. The Balaban J connectivity index is 1.66. The Hall–Kier alpha value is -2.96. The molecular weight excluding hydrogens is 404 g/mol. The summed E-state index contributed by atoms with van der Waals surface area (Å²) in [7, 11) is 0. The molecule has 0 atom stereocenters. The van der Waals surface area contributed by atoms with Crippen LogP contribution in [0, 0.1) is 5.82 Å². The van der Waals surface area contributed by atoms with Gasteiger partial charge in [0, 0.05) is 30.2 Å². The monoisotopic (exact) mass is 417 g/mol. The van der Waals surface area contributed by atoms with Crippen LogP contribution in [0.4, 0.5) is 10.1 Å². The first-order valence-corrected chi connectivity index (χ1v) is 8.92. The maximum absolute atomic E-state index is 13.6. The van der Waals surface area contributed by atoms with Crippen LogP contribution in [0.5, 0.6) is 0 Å². The number of hydrogen-bond acceptors (Lipinski definition) is 3. The highest BCUT2D eigenvalue weighted by Gasteiger charge is 2.14. The van der Waals surface area contributed by atoms with E-state index in [0.717, 1.165) is 11.6 Å². The fraction of sp³-hybridized carbons (Fsp3) is 0.0500. The minimum Gasteiger partial charge on any atom is -0.348 e. The molecule has 3 aromatic rings. The van der Waals surface area contributed by atoms with Crippen LogP contribution >= 0.6 is 23.2 Å². The molecule has 2 aromatic carbocycles. The maximum atomic E-state index is 13.6. The van der Waals surface area contributed by atoms with E-state index in [0.29, 0.717) is 11.3 Å². The zero-order chi connectivity index (χ0) is 20.1. The lowest BCUT2D eigenvalue weighted by atomic mass is 10.1. The van der Waals surface area contributed by atoms with Crippen LogP contribution in [0.25, 0.3) is 0 Å². The number of benzene rings is 2. The summed E-state index contributed by atoms with van der Waals surface area (Å²) in [5.41, 5.74) is 1.79. The number of nitrogens with zero attached hydrogens (tertiary/aromatic N) is 1. The van der Waals surface area contributed by atoms with E-state index in [2.05, 4.69) is 15.6 Å². The standard InChI is InChI=1S/C20H14Cl2FN3O2/c21-16-10-17(22)18(23)9-15(16)20(28)25-11-12-2-1-3-14(8-12)26-19(27)13-4-6-24-7-5-13/h1-10H,11H2,(H,25,28)(H,26,27). The summed E-state index contributed by atoms with van der Waals surface area (Å²) >= 11 is 11.6. The molecule has 1 aromatic heterocycles. The number of rotatable bonds is 5. The van der Waals surface area contributed by atoms with Gasteiger partial charge in [0.25, 0.3) is 11.8 Å². The lowest BCUT2D eigenvalue weighted by Gasteiger charge is -2.10. The molecular formula is C20H14Cl2FN3O2. The van der Waals surface area contributed by atoms with Crippen molar-refractivity contribution in [3.8, 4) is 0 Å². The maximum Gasteiger partial charge on any atom is 0.255 e. The topological polar surface area (TPSA) is 71.1 Å². The number of pyridine rings is 1. The molecule has 2 N–H and O–H groups in total. The predicted octanol–water partition coefficient (Wildman–Crippen LogP) is 4.71. The Morgan fingerprint density at radius 3 is 2.46 bits per heavy atom. The van der Waals surface area contributed by atoms with E-state index < -0.39 is 11.7 Å². The molecule has 0 fully saturated rings. The molecule has 0 spiro atoms. The van der Waals surface area contributed by atoms with Crippen molar-refractivity contribution in [3.63, 3.8) is 0 Å². The van der Waals surface area contributed by atoms with Crippen LogP contribution in [0.1, 0.15) is 26.3 Å². The van der Waals surface area contributed by atoms with Crippen LogP contribution < -0.4 is 10.6 Å². The molecule has 3 rings (SSSR count). The number of carbonyl (C=O) groups is 2. The summed E-state index contributed by atoms with van der Waals surface area (Å²) in [6.07, 6.45) is 3.07. The van der Waals surface area contributed by atoms with Gasteiger partial charge in [0.2, 0.25) is 0 Å². The van der Waals surface area contributed by atoms with Gasteiger partial charge in [0.1, 0.15) is 5.82 Å². The molecule has 1 heterocycles. The number of carbonyl (C=O) groups excluding carboxylic acids is 2. The van der Waals surface area contributed by atoms with E-state index in [1.807, 2.05) is 0 Å². The van der Waals surface area contributed by atoms with Crippen molar-refractivity contribution < 1.29 is 14.0 Å². The van der Waals surface area contributed by atoms with Crippen molar-refractivity contribution >= 4 is 40.7 Å². The average molecular weight is 418 g/mol. The van der Waals surface area contributed by atoms with Crippen LogP contribution in [0.2, 0.25) is 10.0 Å². The van der Waals surface area contributed by atoms with Gasteiger partial charge < -0.3 is 10.6 Å². The summed E-state index contributed by atoms with van der Waals surface area (Å²) in [6.45, 7) is 0.165. The van der Waals surface area contributed by atoms with Crippen molar-refractivity contribution in [2.45, 2.75) is 6.54 Å². The van der Waals surface area contributed by atoms with E-state index in [-0.39, 0.29) is 28.1 Å². The zero-order valence-corrected chi connectivity index (χ0v) is 15.9. The number of hydrogen-bond donors (Lipinski definition) is 2. The van der Waals surface area contributed by atoms with Crippen LogP contribution in [0.15, 0.2) is 60.9 Å². The number of amides is 2. The molecule has 0 aliphatic heterocycles. The van der Waals surface area contributed by atoms with Crippen molar-refractivity contribution in [1.82, 2.24) is 10.3 Å². The highest BCUT2D eigenvalue weighted by Crippen LogP contribution is 2.24. The summed E-state index contributed by atoms with van der Waals surface area (Å²) in [6, 6.07) is 12.4. The summed E-state index contributed by atoms with van der Waals surface area (Å²) < 4.78 is 13.6. The first-order chi connectivity index (χ1) is 13.4. The third-order valence-electron chi connectivity index (χ3n) is 3.84. The lowest BCUT2D eigenvalue weighted by Crippen LogP contribution is -2.23. The predicted molar refractivity (Wildman–Crippen MR) is 106 cm³/mol. The molecule has 2 amide bonds. The smallest absolute Gasteiger partial charge is 0.255 e. The van der Waals surface area contributed by atoms with Crippen molar-refractivity contribution in [1.29, 1.82) is 0 Å². The SMILES string of the molecule is O=C(Nc1cccc(CNC(=O)c2cc(F)c(Cl)cc2Cl)c1)c1ccncc1. The first kappa shape index (κ1) is 19.8. The molecule has 5 nitrogen and oxygen atoms in total. The van der Waals surface area contributed by atoms with Crippen LogP contribution in [-0.4, -0.2) is 16.8 Å². The van der Waals surface area contributed by atoms with E-state index in [9.17, 15) is 14.0 Å². The molecule has 0 radical (unpaired) electrons. The fourth-order valence-electron chi connectivity index (χ4n) is 2.44. The van der Waals surface area contributed by atoms with E-state index in [1.54, 1.807) is 36.4 Å². The molecule has 0 aliphatic carbocycles. The molecule has 0 saturated heterocycles. The van der Waals surface area contributed by atoms with Gasteiger partial charge in [0.05, 0.1) is 15.6 Å². The number of nitrogens with one attached hydrogen (secondary N) is 2. The van der Waals surface area contributed by atoms with Gasteiger partial charge in [-0.2, -0.15) is 0 Å². The summed E-state index contributed by atoms with van der Waals surface area (Å²) in [5, 5.41) is 5.34. The first-order valence-electron chi connectivity index (χ1n) is 8.17. The van der Waals surface area contributed by atoms with Crippen molar-refractivity contribution in [2.24, 2.45) is 0 Å². The Morgan fingerprint density at radius 2 is 1.71 bits per heavy atom. The number of halogens is 3. The second kappa shape index (κ2) is 8.82. The Morgan fingerprint density at radius 1 is 0.964 bits per heavy atom. The molecule has 0 unspecified atom stereocenters. The quantitative estimate of drug-likeness (QED) is 0.590. The Bertz CT molecular complexity index is 1030. The minimum atomic E-state index is -0.725. The van der Waals surface area contributed by atoms with Crippen molar-refractivity contribution in [2.75, 3.05) is 5.32 Å². The van der Waals surface area contributed by atoms with E-state index in [4.69, 9.17) is 23.2 Å². The normalized spacial score (nSPS) is 10.4. The van der Waals surface area contributed by atoms with Gasteiger partial charge in [0.15, 0.2) is 0 Å². The summed E-state index contributed by atoms with van der Waals surface area (Å²) in [5.74, 6) is -1.53. The molecule has 28 heavy (non-hydrogen) atoms. The van der Waals surface area contributed by atoms with Gasteiger partial charge in [-0.15, -0.1) is 0 Å². The second-order valence-corrected chi connectivity index (χ2v) is 6.63. The largest absolute Gasteiger partial charge is 0.348 e. The average Bonchev–Trinajstić information content (AvgIpc) is 2.70.